The highest BCUT2D eigenvalue weighted by atomic mass is 16.6. The third-order valence-corrected chi connectivity index (χ3v) is 3.63. The molecule has 7 heteroatoms. The highest BCUT2D eigenvalue weighted by molar-refractivity contribution is 6.16. The van der Waals surface area contributed by atoms with Gasteiger partial charge in [-0.1, -0.05) is 26.7 Å². The molecule has 0 aliphatic carbocycles. The summed E-state index contributed by atoms with van der Waals surface area (Å²) in [5, 5.41) is 4.70. The molecular weight excluding hydrogens is 300 g/mol. The van der Waals surface area contributed by atoms with Gasteiger partial charge in [0.05, 0.1) is 12.0 Å². The zero-order chi connectivity index (χ0) is 17.8. The summed E-state index contributed by atoms with van der Waals surface area (Å²) in [5.41, 5.74) is -0.684. The van der Waals surface area contributed by atoms with Crippen LogP contribution in [0.1, 0.15) is 53.9 Å². The predicted octanol–water partition coefficient (Wildman–Crippen LogP) is 1.55. The van der Waals surface area contributed by atoms with E-state index in [1.165, 1.54) is 6.92 Å². The highest BCUT2D eigenvalue weighted by Crippen LogP contribution is 2.22. The van der Waals surface area contributed by atoms with Crippen molar-refractivity contribution < 1.29 is 23.9 Å². The highest BCUT2D eigenvalue weighted by Gasteiger charge is 2.45. The van der Waals surface area contributed by atoms with E-state index in [1.807, 2.05) is 6.92 Å². The van der Waals surface area contributed by atoms with Gasteiger partial charge < -0.3 is 10.1 Å². The van der Waals surface area contributed by atoms with E-state index in [-0.39, 0.29) is 0 Å². The van der Waals surface area contributed by atoms with E-state index in [0.29, 0.717) is 12.8 Å². The minimum Gasteiger partial charge on any atom is -0.444 e. The Morgan fingerprint density at radius 2 is 1.87 bits per heavy atom. The van der Waals surface area contributed by atoms with Crippen LogP contribution in [0.4, 0.5) is 4.79 Å². The zero-order valence-electron chi connectivity index (χ0n) is 14.4. The topological polar surface area (TPSA) is 102 Å². The van der Waals surface area contributed by atoms with Crippen LogP contribution >= 0.6 is 0 Å². The second-order valence-electron chi connectivity index (χ2n) is 6.86. The molecule has 0 spiro atoms. The maximum Gasteiger partial charge on any atom is 0.408 e. The average molecular weight is 326 g/mol. The summed E-state index contributed by atoms with van der Waals surface area (Å²) in [5.74, 6) is -3.28. The first kappa shape index (κ1) is 19.1. The standard InChI is InChI=1S/C16H26N2O5/c1-6-7-8-10(17-15(22)23-16(3,4)5)12(19)11-9(2)13(20)18-14(11)21/h9-11H,6-8H2,1-5H3,(H,17,22)(H,18,20,21)/t9-,10-,11+/m0/s1. The number of hydrogen-bond acceptors (Lipinski definition) is 5. The van der Waals surface area contributed by atoms with Crippen molar-refractivity contribution in [1.82, 2.24) is 10.6 Å². The van der Waals surface area contributed by atoms with Crippen LogP contribution in [-0.2, 0) is 19.1 Å². The molecule has 1 rings (SSSR count). The number of carbonyl (C=O) groups excluding carboxylic acids is 4. The zero-order valence-corrected chi connectivity index (χ0v) is 14.4. The van der Waals surface area contributed by atoms with Crippen LogP contribution in [0.15, 0.2) is 0 Å². The molecule has 1 aliphatic rings. The minimum atomic E-state index is -1.06. The summed E-state index contributed by atoms with van der Waals surface area (Å²) in [6, 6.07) is -0.839. The largest absolute Gasteiger partial charge is 0.444 e. The lowest BCUT2D eigenvalue weighted by molar-refractivity contribution is -0.134. The van der Waals surface area contributed by atoms with E-state index in [4.69, 9.17) is 4.74 Å². The first-order valence-corrected chi connectivity index (χ1v) is 7.94. The average Bonchev–Trinajstić information content (AvgIpc) is 2.65. The Bertz CT molecular complexity index is 495. The van der Waals surface area contributed by atoms with Gasteiger partial charge in [-0.05, 0) is 27.2 Å². The molecule has 2 N–H and O–H groups in total. The van der Waals surface area contributed by atoms with E-state index < -0.39 is 47.2 Å². The number of ketones is 1. The molecule has 1 fully saturated rings. The van der Waals surface area contributed by atoms with Gasteiger partial charge in [0.1, 0.15) is 11.5 Å². The van der Waals surface area contributed by atoms with E-state index >= 15 is 0 Å². The van der Waals surface area contributed by atoms with Crippen molar-refractivity contribution >= 4 is 23.7 Å². The van der Waals surface area contributed by atoms with Gasteiger partial charge in [0.15, 0.2) is 5.78 Å². The number of rotatable bonds is 6. The first-order valence-electron chi connectivity index (χ1n) is 7.94. The van der Waals surface area contributed by atoms with Crippen LogP contribution < -0.4 is 10.6 Å². The lowest BCUT2D eigenvalue weighted by atomic mass is 9.87. The van der Waals surface area contributed by atoms with E-state index in [0.717, 1.165) is 6.42 Å². The number of Topliss-reactive ketones (excluding diaryl/α,β-unsaturated/α-hetero) is 1. The normalized spacial score (nSPS) is 22.5. The first-order chi connectivity index (χ1) is 10.6. The Labute approximate surface area is 136 Å². The summed E-state index contributed by atoms with van der Waals surface area (Å²) in [7, 11) is 0. The van der Waals surface area contributed by atoms with Crippen LogP contribution in [0.3, 0.4) is 0 Å². The van der Waals surface area contributed by atoms with Gasteiger partial charge in [0.2, 0.25) is 11.8 Å². The minimum absolute atomic E-state index is 0.402. The fourth-order valence-electron chi connectivity index (χ4n) is 2.43. The van der Waals surface area contributed by atoms with Gasteiger partial charge in [-0.25, -0.2) is 4.79 Å². The van der Waals surface area contributed by atoms with Gasteiger partial charge in [-0.3, -0.25) is 19.7 Å². The van der Waals surface area contributed by atoms with Crippen LogP contribution in [0.25, 0.3) is 0 Å². The smallest absolute Gasteiger partial charge is 0.408 e. The SMILES string of the molecule is CCCC[C@H](NC(=O)OC(C)(C)C)C(=O)[C@@H]1C(=O)NC(=O)[C@H]1C. The number of carbonyl (C=O) groups is 4. The van der Waals surface area contributed by atoms with Crippen molar-refractivity contribution in [2.45, 2.75) is 65.5 Å². The lowest BCUT2D eigenvalue weighted by Crippen LogP contribution is -2.47. The van der Waals surface area contributed by atoms with Crippen LogP contribution in [0, 0.1) is 11.8 Å². The molecule has 0 aromatic rings. The van der Waals surface area contributed by atoms with E-state index in [1.54, 1.807) is 20.8 Å². The van der Waals surface area contributed by atoms with Crippen LogP contribution in [0.2, 0.25) is 0 Å². The molecule has 0 unspecified atom stereocenters. The molecule has 1 aliphatic heterocycles. The van der Waals surface area contributed by atoms with Crippen molar-refractivity contribution in [1.29, 1.82) is 0 Å². The molecule has 1 heterocycles. The number of amides is 3. The Morgan fingerprint density at radius 3 is 2.30 bits per heavy atom. The van der Waals surface area contributed by atoms with Gasteiger partial charge in [0.25, 0.3) is 0 Å². The molecule has 3 atom stereocenters. The lowest BCUT2D eigenvalue weighted by Gasteiger charge is -2.24. The molecule has 0 radical (unpaired) electrons. The monoisotopic (exact) mass is 326 g/mol. The summed E-state index contributed by atoms with van der Waals surface area (Å²) >= 11 is 0. The van der Waals surface area contributed by atoms with Crippen LogP contribution in [0.5, 0.6) is 0 Å². The van der Waals surface area contributed by atoms with Crippen molar-refractivity contribution in [2.75, 3.05) is 0 Å². The van der Waals surface area contributed by atoms with Crippen molar-refractivity contribution in [2.24, 2.45) is 11.8 Å². The number of ether oxygens (including phenoxy) is 1. The second kappa shape index (κ2) is 7.57. The van der Waals surface area contributed by atoms with Crippen LogP contribution in [-0.4, -0.2) is 35.3 Å². The summed E-state index contributed by atoms with van der Waals surface area (Å²) in [6.07, 6.45) is 1.25. The quantitative estimate of drug-likeness (QED) is 0.569. The van der Waals surface area contributed by atoms with Gasteiger partial charge in [-0.15, -0.1) is 0 Å². The van der Waals surface area contributed by atoms with Gasteiger partial charge >= 0.3 is 6.09 Å². The third kappa shape index (κ3) is 5.33. The predicted molar refractivity (Wildman–Crippen MR) is 83.5 cm³/mol. The molecule has 7 nitrogen and oxygen atoms in total. The fourth-order valence-corrected chi connectivity index (χ4v) is 2.43. The molecule has 23 heavy (non-hydrogen) atoms. The molecule has 0 saturated carbocycles. The molecule has 1 saturated heterocycles. The number of hydrogen-bond donors (Lipinski definition) is 2. The number of imide groups is 1. The molecule has 0 aromatic heterocycles. The van der Waals surface area contributed by atoms with E-state index in [9.17, 15) is 19.2 Å². The summed E-state index contributed by atoms with van der Waals surface area (Å²) in [6.45, 7) is 8.67. The van der Waals surface area contributed by atoms with Gasteiger partial charge in [-0.2, -0.15) is 0 Å². The molecule has 130 valence electrons. The fraction of sp³-hybridized carbons (Fsp3) is 0.750. The van der Waals surface area contributed by atoms with Crippen molar-refractivity contribution in [3.05, 3.63) is 0 Å². The number of alkyl carbamates (subject to hydrolysis) is 1. The Morgan fingerprint density at radius 1 is 1.26 bits per heavy atom. The number of nitrogens with one attached hydrogen (secondary N) is 2. The molecule has 0 bridgehead atoms. The summed E-state index contributed by atoms with van der Waals surface area (Å²) in [4.78, 5) is 47.9. The van der Waals surface area contributed by atoms with Gasteiger partial charge in [0, 0.05) is 0 Å². The maximum atomic E-state index is 12.6. The Balaban J connectivity index is 2.84. The van der Waals surface area contributed by atoms with Crippen molar-refractivity contribution in [3.8, 4) is 0 Å². The Kier molecular flexibility index (Phi) is 6.29. The second-order valence-corrected chi connectivity index (χ2v) is 6.86. The molecule has 3 amide bonds. The Hall–Kier alpha value is -1.92. The molecule has 0 aromatic carbocycles. The third-order valence-electron chi connectivity index (χ3n) is 3.63. The van der Waals surface area contributed by atoms with Crippen molar-refractivity contribution in [3.63, 3.8) is 0 Å². The van der Waals surface area contributed by atoms with E-state index in [2.05, 4.69) is 10.6 Å². The number of unbranched alkanes of at least 4 members (excludes halogenated alkanes) is 1. The maximum absolute atomic E-state index is 12.6. The summed E-state index contributed by atoms with van der Waals surface area (Å²) < 4.78 is 5.17. The molecular formula is C16H26N2O5.